The minimum absolute atomic E-state index is 0.0243. The highest BCUT2D eigenvalue weighted by atomic mass is 16.5. The molecule has 3 atom stereocenters. The van der Waals surface area contributed by atoms with Gasteiger partial charge in [-0.25, -0.2) is 4.79 Å². The Balaban J connectivity index is 1.17. The van der Waals surface area contributed by atoms with Crippen molar-refractivity contribution >= 4 is 18.0 Å². The van der Waals surface area contributed by atoms with Crippen molar-refractivity contribution in [3.05, 3.63) is 59.7 Å². The number of carboxylic acids is 1. The van der Waals surface area contributed by atoms with E-state index in [1.54, 1.807) is 0 Å². The van der Waals surface area contributed by atoms with E-state index >= 15 is 0 Å². The summed E-state index contributed by atoms with van der Waals surface area (Å²) in [7, 11) is 0. The molecular weight excluding hydrogens is 444 g/mol. The zero-order valence-electron chi connectivity index (χ0n) is 20.2. The third-order valence-corrected chi connectivity index (χ3v) is 7.17. The van der Waals surface area contributed by atoms with Gasteiger partial charge in [-0.3, -0.25) is 9.59 Å². The van der Waals surface area contributed by atoms with Crippen LogP contribution in [0.15, 0.2) is 48.5 Å². The van der Waals surface area contributed by atoms with Crippen LogP contribution in [0.3, 0.4) is 0 Å². The predicted molar refractivity (Wildman–Crippen MR) is 133 cm³/mol. The van der Waals surface area contributed by atoms with Crippen molar-refractivity contribution in [2.24, 2.45) is 11.8 Å². The molecule has 7 nitrogen and oxygen atoms in total. The first kappa shape index (κ1) is 24.8. The Kier molecular flexibility index (Phi) is 8.06. The van der Waals surface area contributed by atoms with Gasteiger partial charge in [0, 0.05) is 24.9 Å². The first-order valence-corrected chi connectivity index (χ1v) is 12.5. The molecule has 2 aliphatic carbocycles. The summed E-state index contributed by atoms with van der Waals surface area (Å²) in [4.78, 5) is 35.9. The number of hydrogen-bond acceptors (Lipinski definition) is 4. The molecule has 0 saturated heterocycles. The van der Waals surface area contributed by atoms with Crippen molar-refractivity contribution < 1.29 is 24.2 Å². The first-order chi connectivity index (χ1) is 16.9. The van der Waals surface area contributed by atoms with Crippen molar-refractivity contribution in [3.8, 4) is 11.1 Å². The molecule has 3 N–H and O–H groups in total. The molecule has 2 aromatic rings. The van der Waals surface area contributed by atoms with E-state index in [4.69, 9.17) is 4.74 Å². The van der Waals surface area contributed by atoms with Gasteiger partial charge in [-0.15, -0.1) is 0 Å². The van der Waals surface area contributed by atoms with Crippen molar-refractivity contribution in [2.45, 2.75) is 57.4 Å². The Morgan fingerprint density at radius 1 is 1.03 bits per heavy atom. The summed E-state index contributed by atoms with van der Waals surface area (Å²) in [6.07, 6.45) is 3.37. The van der Waals surface area contributed by atoms with Crippen LogP contribution in [0.5, 0.6) is 0 Å². The SMILES string of the molecule is CC(CCNC(=O)OCC1c2ccccc2-c2ccccc21)CC(=O)N[C@H]1CCC[C@@H](C(=O)O)C1. The number of aliphatic carboxylic acids is 1. The molecule has 1 unspecified atom stereocenters. The number of carboxylic acid groups (broad SMARTS) is 1. The summed E-state index contributed by atoms with van der Waals surface area (Å²) >= 11 is 0. The fraction of sp³-hybridized carbons (Fsp3) is 0.464. The van der Waals surface area contributed by atoms with E-state index in [1.165, 1.54) is 22.3 Å². The number of benzene rings is 2. The monoisotopic (exact) mass is 478 g/mol. The zero-order chi connectivity index (χ0) is 24.8. The second-order valence-corrected chi connectivity index (χ2v) is 9.82. The lowest BCUT2D eigenvalue weighted by Crippen LogP contribution is -2.40. The van der Waals surface area contributed by atoms with Crippen molar-refractivity contribution in [1.29, 1.82) is 0 Å². The lowest BCUT2D eigenvalue weighted by Gasteiger charge is -2.27. The molecule has 2 amide bonds. The van der Waals surface area contributed by atoms with Gasteiger partial charge < -0.3 is 20.5 Å². The Morgan fingerprint density at radius 2 is 1.69 bits per heavy atom. The molecule has 0 radical (unpaired) electrons. The van der Waals surface area contributed by atoms with Gasteiger partial charge >= 0.3 is 12.1 Å². The van der Waals surface area contributed by atoms with Crippen LogP contribution in [0.4, 0.5) is 4.79 Å². The number of amides is 2. The van der Waals surface area contributed by atoms with Crippen LogP contribution in [0.1, 0.15) is 62.5 Å². The van der Waals surface area contributed by atoms with E-state index in [9.17, 15) is 19.5 Å². The molecule has 2 aliphatic rings. The molecule has 7 heteroatoms. The van der Waals surface area contributed by atoms with Gasteiger partial charge in [-0.1, -0.05) is 61.9 Å². The maximum atomic E-state index is 12.4. The lowest BCUT2D eigenvalue weighted by atomic mass is 9.85. The minimum atomic E-state index is -0.781. The normalized spacial score (nSPS) is 19.8. The van der Waals surface area contributed by atoms with E-state index in [1.807, 2.05) is 31.2 Å². The van der Waals surface area contributed by atoms with Crippen molar-refractivity contribution in [3.63, 3.8) is 0 Å². The van der Waals surface area contributed by atoms with Crippen LogP contribution in [-0.2, 0) is 14.3 Å². The van der Waals surface area contributed by atoms with Crippen LogP contribution < -0.4 is 10.6 Å². The second kappa shape index (κ2) is 11.4. The predicted octanol–water partition coefficient (Wildman–Crippen LogP) is 4.70. The van der Waals surface area contributed by atoms with Crippen LogP contribution in [0, 0.1) is 11.8 Å². The molecule has 0 heterocycles. The molecule has 186 valence electrons. The smallest absolute Gasteiger partial charge is 0.407 e. The number of ether oxygens (including phenoxy) is 1. The topological polar surface area (TPSA) is 105 Å². The molecule has 1 fully saturated rings. The minimum Gasteiger partial charge on any atom is -0.481 e. The van der Waals surface area contributed by atoms with Crippen LogP contribution >= 0.6 is 0 Å². The molecule has 0 aromatic heterocycles. The zero-order valence-corrected chi connectivity index (χ0v) is 20.2. The third-order valence-electron chi connectivity index (χ3n) is 7.17. The number of nitrogens with one attached hydrogen (secondary N) is 2. The van der Waals surface area contributed by atoms with E-state index in [0.29, 0.717) is 32.2 Å². The van der Waals surface area contributed by atoms with Gasteiger partial charge in [0.25, 0.3) is 0 Å². The van der Waals surface area contributed by atoms with Crippen molar-refractivity contribution in [2.75, 3.05) is 13.2 Å². The summed E-state index contributed by atoms with van der Waals surface area (Å²) in [5.41, 5.74) is 4.73. The molecule has 0 spiro atoms. The number of rotatable bonds is 9. The number of alkyl carbamates (subject to hydrolysis) is 1. The van der Waals surface area contributed by atoms with E-state index in [-0.39, 0.29) is 36.3 Å². The number of carbonyl (C=O) groups is 3. The van der Waals surface area contributed by atoms with Crippen molar-refractivity contribution in [1.82, 2.24) is 10.6 Å². The van der Waals surface area contributed by atoms with E-state index in [0.717, 1.165) is 12.8 Å². The molecule has 1 saturated carbocycles. The molecule has 4 rings (SSSR count). The van der Waals surface area contributed by atoms with Gasteiger partial charge in [-0.2, -0.15) is 0 Å². The second-order valence-electron chi connectivity index (χ2n) is 9.82. The lowest BCUT2D eigenvalue weighted by molar-refractivity contribution is -0.143. The van der Waals surface area contributed by atoms with E-state index < -0.39 is 12.1 Å². The summed E-state index contributed by atoms with van der Waals surface area (Å²) in [6, 6.07) is 16.4. The summed E-state index contributed by atoms with van der Waals surface area (Å²) in [5, 5.41) is 15.0. The number of hydrogen-bond donors (Lipinski definition) is 3. The third kappa shape index (κ3) is 6.21. The summed E-state index contributed by atoms with van der Waals surface area (Å²) in [5.74, 6) is -1.10. The standard InChI is InChI=1S/C28H34N2O5/c1-18(15-26(31)30-20-8-6-7-19(16-20)27(32)33)13-14-29-28(34)35-17-25-23-11-4-2-9-21(23)22-10-3-5-12-24(22)25/h2-5,9-12,18-20,25H,6-8,13-17H2,1H3,(H,29,34)(H,30,31)(H,32,33)/t18?,19-,20+/m1/s1. The molecule has 0 bridgehead atoms. The van der Waals surface area contributed by atoms with Gasteiger partial charge in [-0.05, 0) is 53.9 Å². The van der Waals surface area contributed by atoms with Gasteiger partial charge in [0.1, 0.15) is 6.61 Å². The van der Waals surface area contributed by atoms with Crippen LogP contribution in [0.25, 0.3) is 11.1 Å². The highest BCUT2D eigenvalue weighted by Gasteiger charge is 2.29. The summed E-state index contributed by atoms with van der Waals surface area (Å²) in [6.45, 7) is 2.67. The maximum Gasteiger partial charge on any atom is 0.407 e. The average Bonchev–Trinajstić information content (AvgIpc) is 3.16. The fourth-order valence-electron chi connectivity index (χ4n) is 5.32. The number of carbonyl (C=O) groups excluding carboxylic acids is 2. The molecule has 2 aromatic carbocycles. The fourth-order valence-corrected chi connectivity index (χ4v) is 5.32. The highest BCUT2D eigenvalue weighted by Crippen LogP contribution is 2.44. The largest absolute Gasteiger partial charge is 0.481 e. The molecule has 0 aliphatic heterocycles. The van der Waals surface area contributed by atoms with Gasteiger partial charge in [0.15, 0.2) is 0 Å². The maximum absolute atomic E-state index is 12.4. The first-order valence-electron chi connectivity index (χ1n) is 12.5. The Hall–Kier alpha value is -3.35. The average molecular weight is 479 g/mol. The Bertz CT molecular complexity index is 1020. The Morgan fingerprint density at radius 3 is 2.34 bits per heavy atom. The van der Waals surface area contributed by atoms with E-state index in [2.05, 4.69) is 34.9 Å². The Labute approximate surface area is 206 Å². The molecular formula is C28H34N2O5. The summed E-state index contributed by atoms with van der Waals surface area (Å²) < 4.78 is 5.56. The van der Waals surface area contributed by atoms with Gasteiger partial charge in [0.05, 0.1) is 5.92 Å². The highest BCUT2D eigenvalue weighted by molar-refractivity contribution is 5.79. The quantitative estimate of drug-likeness (QED) is 0.485. The number of fused-ring (bicyclic) bond motifs is 3. The van der Waals surface area contributed by atoms with Gasteiger partial charge in [0.2, 0.25) is 5.91 Å². The van der Waals surface area contributed by atoms with Crippen LogP contribution in [0.2, 0.25) is 0 Å². The van der Waals surface area contributed by atoms with Crippen LogP contribution in [-0.4, -0.2) is 42.3 Å². The molecule has 35 heavy (non-hydrogen) atoms.